The Morgan fingerprint density at radius 3 is 2.73 bits per heavy atom. The van der Waals surface area contributed by atoms with Crippen LogP contribution in [0.15, 0.2) is 11.1 Å². The summed E-state index contributed by atoms with van der Waals surface area (Å²) >= 11 is 5.42. The molecule has 0 saturated carbocycles. The zero-order valence-electron chi connectivity index (χ0n) is 7.68. The molecule has 0 fully saturated rings. The predicted octanol–water partition coefficient (Wildman–Crippen LogP) is 2.46. The third-order valence-corrected chi connectivity index (χ3v) is 1.99. The van der Waals surface area contributed by atoms with Gasteiger partial charge in [0.15, 0.2) is 11.6 Å². The van der Waals surface area contributed by atoms with E-state index in [1.165, 1.54) is 13.2 Å². The van der Waals surface area contributed by atoms with Gasteiger partial charge in [-0.2, -0.15) is 4.39 Å². The van der Waals surface area contributed by atoms with Crippen LogP contribution in [0.25, 0.3) is 0 Å². The van der Waals surface area contributed by atoms with Crippen molar-refractivity contribution in [1.29, 1.82) is 0 Å². The van der Waals surface area contributed by atoms with E-state index in [0.29, 0.717) is 0 Å². The van der Waals surface area contributed by atoms with E-state index in [9.17, 15) is 13.6 Å². The highest BCUT2D eigenvalue weighted by Gasteiger charge is 2.17. The van der Waals surface area contributed by atoms with Crippen molar-refractivity contribution in [2.24, 2.45) is 4.99 Å². The fourth-order valence-corrected chi connectivity index (χ4v) is 1.30. The number of rotatable bonds is 3. The second-order valence-corrected chi connectivity index (χ2v) is 2.99. The molecule has 0 spiro atoms. The van der Waals surface area contributed by atoms with Crippen molar-refractivity contribution in [2.75, 3.05) is 7.11 Å². The molecule has 0 N–H and O–H groups in total. The minimum Gasteiger partial charge on any atom is -0.493 e. The Bertz CT molecular complexity index is 431. The van der Waals surface area contributed by atoms with Gasteiger partial charge in [0.25, 0.3) is 0 Å². The van der Waals surface area contributed by atoms with E-state index < -0.39 is 11.6 Å². The van der Waals surface area contributed by atoms with Crippen molar-refractivity contribution in [3.05, 3.63) is 28.3 Å². The number of nitrogens with zero attached hydrogens (tertiary/aromatic N) is 1. The van der Waals surface area contributed by atoms with E-state index >= 15 is 0 Å². The molecule has 15 heavy (non-hydrogen) atoms. The van der Waals surface area contributed by atoms with Crippen LogP contribution in [0.4, 0.5) is 8.78 Å². The highest BCUT2D eigenvalue weighted by atomic mass is 35.5. The molecule has 0 aromatic heterocycles. The second-order valence-electron chi connectivity index (χ2n) is 2.59. The minimum absolute atomic E-state index is 0.163. The zero-order valence-corrected chi connectivity index (χ0v) is 8.44. The number of carbonyl (C=O) groups excluding carboxylic acids is 1. The van der Waals surface area contributed by atoms with Crippen LogP contribution in [0.1, 0.15) is 5.56 Å². The van der Waals surface area contributed by atoms with Gasteiger partial charge < -0.3 is 4.74 Å². The first-order valence-electron chi connectivity index (χ1n) is 3.85. The van der Waals surface area contributed by atoms with E-state index in [4.69, 9.17) is 11.6 Å². The molecule has 0 amide bonds. The molecule has 0 saturated heterocycles. The lowest BCUT2D eigenvalue weighted by Gasteiger charge is -2.08. The van der Waals surface area contributed by atoms with E-state index in [2.05, 4.69) is 9.73 Å². The smallest absolute Gasteiger partial charge is 0.235 e. The molecule has 3 nitrogen and oxygen atoms in total. The summed E-state index contributed by atoms with van der Waals surface area (Å²) in [6.45, 7) is -0.163. The lowest BCUT2D eigenvalue weighted by molar-refractivity contribution is 0.367. The van der Waals surface area contributed by atoms with Crippen LogP contribution in [0.3, 0.4) is 0 Å². The summed E-state index contributed by atoms with van der Waals surface area (Å²) in [5, 5.41) is -0.385. The summed E-state index contributed by atoms with van der Waals surface area (Å²) < 4.78 is 30.9. The number of halogens is 3. The van der Waals surface area contributed by atoms with Crippen LogP contribution >= 0.6 is 11.6 Å². The molecular formula is C9H6ClF2NO2. The number of hydrogen-bond acceptors (Lipinski definition) is 3. The summed E-state index contributed by atoms with van der Waals surface area (Å²) in [5.41, 5.74) is 0.185. The van der Waals surface area contributed by atoms with Gasteiger partial charge in [0.05, 0.1) is 18.7 Å². The van der Waals surface area contributed by atoms with E-state index in [1.807, 2.05) is 0 Å². The average Bonchev–Trinajstić information content (AvgIpc) is 2.23. The SMILES string of the molecule is COc1c(CN=C=O)cc(Cl)c(F)c1F. The zero-order chi connectivity index (χ0) is 11.4. The molecule has 1 rings (SSSR count). The first-order chi connectivity index (χ1) is 7.11. The fourth-order valence-electron chi connectivity index (χ4n) is 1.08. The van der Waals surface area contributed by atoms with Gasteiger partial charge in [0.1, 0.15) is 0 Å². The third-order valence-electron chi connectivity index (χ3n) is 1.71. The van der Waals surface area contributed by atoms with Crippen molar-refractivity contribution < 1.29 is 18.3 Å². The third kappa shape index (κ3) is 2.32. The lowest BCUT2D eigenvalue weighted by Crippen LogP contribution is -1.98. The molecule has 0 aliphatic carbocycles. The van der Waals surface area contributed by atoms with Crippen molar-refractivity contribution in [1.82, 2.24) is 0 Å². The van der Waals surface area contributed by atoms with Gasteiger partial charge in [0, 0.05) is 5.56 Å². The Hall–Kier alpha value is -1.45. The molecule has 1 aromatic carbocycles. The van der Waals surface area contributed by atoms with Gasteiger partial charge in [-0.25, -0.2) is 14.2 Å². The van der Waals surface area contributed by atoms with E-state index in [-0.39, 0.29) is 22.9 Å². The quantitative estimate of drug-likeness (QED) is 0.457. The molecule has 0 aliphatic heterocycles. The van der Waals surface area contributed by atoms with Crippen molar-refractivity contribution in [3.63, 3.8) is 0 Å². The van der Waals surface area contributed by atoms with Crippen molar-refractivity contribution in [3.8, 4) is 5.75 Å². The summed E-state index contributed by atoms with van der Waals surface area (Å²) in [5.74, 6) is -2.69. The number of methoxy groups -OCH3 is 1. The molecule has 0 bridgehead atoms. The van der Waals surface area contributed by atoms with Gasteiger partial charge in [-0.05, 0) is 6.07 Å². The highest BCUT2D eigenvalue weighted by molar-refractivity contribution is 6.30. The molecular weight excluding hydrogens is 228 g/mol. The Morgan fingerprint density at radius 2 is 2.20 bits per heavy atom. The molecule has 0 heterocycles. The van der Waals surface area contributed by atoms with Gasteiger partial charge >= 0.3 is 0 Å². The Labute approximate surface area is 89.3 Å². The Kier molecular flexibility index (Phi) is 3.77. The molecule has 6 heteroatoms. The normalized spacial score (nSPS) is 9.60. The molecule has 0 atom stereocenters. The maximum atomic E-state index is 13.2. The molecule has 0 unspecified atom stereocenters. The fraction of sp³-hybridized carbons (Fsp3) is 0.222. The van der Waals surface area contributed by atoms with Crippen LogP contribution in [0, 0.1) is 11.6 Å². The number of aliphatic imine (C=N–C) groups is 1. The predicted molar refractivity (Wildman–Crippen MR) is 49.7 cm³/mol. The first kappa shape index (κ1) is 11.6. The topological polar surface area (TPSA) is 38.7 Å². The first-order valence-corrected chi connectivity index (χ1v) is 4.23. The van der Waals surface area contributed by atoms with Crippen molar-refractivity contribution in [2.45, 2.75) is 6.54 Å². The summed E-state index contributed by atoms with van der Waals surface area (Å²) in [4.78, 5) is 13.1. The van der Waals surface area contributed by atoms with Gasteiger partial charge in [-0.15, -0.1) is 0 Å². The molecule has 0 aliphatic rings. The standard InChI is InChI=1S/C9H6ClF2NO2/c1-15-9-5(3-13-4-14)2-6(10)7(11)8(9)12/h2H,3H2,1H3. The summed E-state index contributed by atoms with van der Waals surface area (Å²) in [6.07, 6.45) is 1.28. The van der Waals surface area contributed by atoms with Crippen LogP contribution in [-0.4, -0.2) is 13.2 Å². The maximum absolute atomic E-state index is 13.2. The van der Waals surface area contributed by atoms with Crippen molar-refractivity contribution >= 4 is 17.7 Å². The summed E-state index contributed by atoms with van der Waals surface area (Å²) in [6, 6.07) is 1.15. The van der Waals surface area contributed by atoms with Crippen LogP contribution in [-0.2, 0) is 11.3 Å². The number of hydrogen-bond donors (Lipinski definition) is 0. The maximum Gasteiger partial charge on any atom is 0.235 e. The molecule has 0 radical (unpaired) electrons. The van der Waals surface area contributed by atoms with Gasteiger partial charge in [-0.3, -0.25) is 0 Å². The Morgan fingerprint density at radius 1 is 1.53 bits per heavy atom. The van der Waals surface area contributed by atoms with Crippen LogP contribution < -0.4 is 4.74 Å². The van der Waals surface area contributed by atoms with E-state index in [0.717, 1.165) is 6.07 Å². The van der Waals surface area contributed by atoms with E-state index in [1.54, 1.807) is 0 Å². The monoisotopic (exact) mass is 233 g/mol. The highest BCUT2D eigenvalue weighted by Crippen LogP contribution is 2.30. The Balaban J connectivity index is 3.31. The van der Waals surface area contributed by atoms with Crippen LogP contribution in [0.5, 0.6) is 5.75 Å². The van der Waals surface area contributed by atoms with Crippen LogP contribution in [0.2, 0.25) is 5.02 Å². The number of isocyanates is 1. The summed E-state index contributed by atoms with van der Waals surface area (Å²) in [7, 11) is 1.18. The number of ether oxygens (including phenoxy) is 1. The molecule has 80 valence electrons. The average molecular weight is 234 g/mol. The van der Waals surface area contributed by atoms with Gasteiger partial charge in [0.2, 0.25) is 11.9 Å². The lowest BCUT2D eigenvalue weighted by atomic mass is 10.2. The second kappa shape index (κ2) is 4.87. The van der Waals surface area contributed by atoms with Gasteiger partial charge in [-0.1, -0.05) is 11.6 Å². The minimum atomic E-state index is -1.19. The number of benzene rings is 1. The largest absolute Gasteiger partial charge is 0.493 e. The molecule has 1 aromatic rings.